The second kappa shape index (κ2) is 11.7. The summed E-state index contributed by atoms with van der Waals surface area (Å²) in [5.74, 6) is -0.651. The Balaban J connectivity index is 1.61. The van der Waals surface area contributed by atoms with Crippen molar-refractivity contribution in [3.63, 3.8) is 0 Å². The van der Waals surface area contributed by atoms with E-state index in [-0.39, 0.29) is 36.9 Å². The predicted molar refractivity (Wildman–Crippen MR) is 125 cm³/mol. The highest BCUT2D eigenvalue weighted by molar-refractivity contribution is 6.30. The molecule has 176 valence electrons. The van der Waals surface area contributed by atoms with E-state index in [1.54, 1.807) is 55.3 Å². The summed E-state index contributed by atoms with van der Waals surface area (Å²) in [6, 6.07) is 14.2. The number of amides is 2. The molecule has 1 atom stereocenters. The molecule has 0 aliphatic carbocycles. The van der Waals surface area contributed by atoms with Gasteiger partial charge in [-0.1, -0.05) is 35.9 Å². The van der Waals surface area contributed by atoms with Crippen LogP contribution in [-0.4, -0.2) is 60.9 Å². The lowest BCUT2D eigenvalue weighted by Gasteiger charge is -2.32. The van der Waals surface area contributed by atoms with E-state index in [2.05, 4.69) is 0 Å². The van der Waals surface area contributed by atoms with Crippen molar-refractivity contribution in [2.24, 2.45) is 5.92 Å². The Labute approximate surface area is 199 Å². The van der Waals surface area contributed by atoms with Crippen LogP contribution in [0, 0.1) is 5.92 Å². The molecule has 1 heterocycles. The zero-order valence-electron chi connectivity index (χ0n) is 19.0. The van der Waals surface area contributed by atoms with Gasteiger partial charge < -0.3 is 19.3 Å². The van der Waals surface area contributed by atoms with Crippen LogP contribution < -0.4 is 4.74 Å². The number of rotatable bonds is 8. The van der Waals surface area contributed by atoms with Crippen LogP contribution in [0.4, 0.5) is 0 Å². The molecule has 7 nitrogen and oxygen atoms in total. The van der Waals surface area contributed by atoms with Crippen LogP contribution in [0.5, 0.6) is 5.75 Å². The van der Waals surface area contributed by atoms with Crippen molar-refractivity contribution >= 4 is 29.4 Å². The van der Waals surface area contributed by atoms with Crippen molar-refractivity contribution < 1.29 is 23.9 Å². The van der Waals surface area contributed by atoms with E-state index in [9.17, 15) is 14.4 Å². The summed E-state index contributed by atoms with van der Waals surface area (Å²) in [4.78, 5) is 41.0. The van der Waals surface area contributed by atoms with Crippen LogP contribution in [0.25, 0.3) is 0 Å². The Kier molecular flexibility index (Phi) is 8.72. The van der Waals surface area contributed by atoms with Gasteiger partial charge in [0.1, 0.15) is 12.4 Å². The first-order chi connectivity index (χ1) is 15.9. The maximum Gasteiger partial charge on any atom is 0.310 e. The number of carbonyl (C=O) groups excluding carboxylic acids is 3. The molecule has 0 radical (unpaired) electrons. The lowest BCUT2D eigenvalue weighted by molar-refractivity contribution is -0.151. The number of likely N-dealkylation sites (tertiary alicyclic amines) is 1. The molecule has 0 spiro atoms. The van der Waals surface area contributed by atoms with Gasteiger partial charge >= 0.3 is 5.97 Å². The second-order valence-corrected chi connectivity index (χ2v) is 8.44. The average Bonchev–Trinajstić information content (AvgIpc) is 2.83. The number of hydrogen-bond acceptors (Lipinski definition) is 5. The van der Waals surface area contributed by atoms with Crippen LogP contribution in [0.15, 0.2) is 48.5 Å². The van der Waals surface area contributed by atoms with Crippen molar-refractivity contribution in [1.29, 1.82) is 0 Å². The second-order valence-electron chi connectivity index (χ2n) is 8.00. The molecule has 0 bridgehead atoms. The number of nitrogens with zero attached hydrogens (tertiary/aromatic N) is 2. The summed E-state index contributed by atoms with van der Waals surface area (Å²) in [7, 11) is 1.59. The molecule has 0 saturated carbocycles. The Morgan fingerprint density at radius 3 is 2.58 bits per heavy atom. The number of likely N-dealkylation sites (N-methyl/N-ethyl adjacent to an activating group) is 1. The molecule has 1 saturated heterocycles. The first-order valence-corrected chi connectivity index (χ1v) is 11.4. The maximum absolute atomic E-state index is 13.1. The van der Waals surface area contributed by atoms with Gasteiger partial charge in [0.25, 0.3) is 5.91 Å². The number of ether oxygens (including phenoxy) is 2. The summed E-state index contributed by atoms with van der Waals surface area (Å²) in [5.41, 5.74) is 1.30. The number of halogens is 1. The van der Waals surface area contributed by atoms with Crippen molar-refractivity contribution in [3.05, 3.63) is 64.7 Å². The lowest BCUT2D eigenvalue weighted by Crippen LogP contribution is -2.47. The summed E-state index contributed by atoms with van der Waals surface area (Å²) >= 11 is 5.92. The molecule has 1 aliphatic heterocycles. The number of esters is 1. The molecule has 8 heteroatoms. The van der Waals surface area contributed by atoms with Gasteiger partial charge in [0.2, 0.25) is 5.91 Å². The zero-order valence-corrected chi connectivity index (χ0v) is 19.7. The number of benzene rings is 2. The smallest absolute Gasteiger partial charge is 0.310 e. The molecular weight excluding hydrogens is 444 g/mol. The minimum atomic E-state index is -0.314. The quantitative estimate of drug-likeness (QED) is 0.546. The minimum Gasteiger partial charge on any atom is -0.488 e. The summed E-state index contributed by atoms with van der Waals surface area (Å²) in [5, 5.41) is 0.642. The number of para-hydroxylation sites is 1. The molecule has 1 unspecified atom stereocenters. The number of piperidine rings is 1. The Hall–Kier alpha value is -3.06. The number of hydrogen-bond donors (Lipinski definition) is 0. The lowest BCUT2D eigenvalue weighted by atomic mass is 9.98. The van der Waals surface area contributed by atoms with Crippen LogP contribution in [-0.2, 0) is 20.9 Å². The molecule has 3 rings (SSSR count). The number of carbonyl (C=O) groups is 3. The Morgan fingerprint density at radius 2 is 1.85 bits per heavy atom. The fourth-order valence-electron chi connectivity index (χ4n) is 3.75. The maximum atomic E-state index is 13.1. The van der Waals surface area contributed by atoms with Gasteiger partial charge in [-0.05, 0) is 49.6 Å². The zero-order chi connectivity index (χ0) is 23.8. The van der Waals surface area contributed by atoms with Crippen LogP contribution in [0.3, 0.4) is 0 Å². The van der Waals surface area contributed by atoms with Crippen molar-refractivity contribution in [3.8, 4) is 5.75 Å². The van der Waals surface area contributed by atoms with Crippen molar-refractivity contribution in [1.82, 2.24) is 9.80 Å². The van der Waals surface area contributed by atoms with Crippen molar-refractivity contribution in [2.75, 3.05) is 33.3 Å². The first kappa shape index (κ1) is 24.6. The van der Waals surface area contributed by atoms with Gasteiger partial charge in [0.05, 0.1) is 24.6 Å². The van der Waals surface area contributed by atoms with Gasteiger partial charge in [-0.25, -0.2) is 0 Å². The average molecular weight is 473 g/mol. The van der Waals surface area contributed by atoms with Crippen molar-refractivity contribution in [2.45, 2.75) is 26.4 Å². The summed E-state index contributed by atoms with van der Waals surface area (Å²) < 4.78 is 11.0. The first-order valence-electron chi connectivity index (χ1n) is 11.0. The van der Waals surface area contributed by atoms with E-state index in [0.717, 1.165) is 12.0 Å². The van der Waals surface area contributed by atoms with E-state index in [1.165, 1.54) is 4.90 Å². The fraction of sp³-hybridized carbons (Fsp3) is 0.400. The molecule has 0 aromatic heterocycles. The molecule has 33 heavy (non-hydrogen) atoms. The SMILES string of the molecule is CCOC(=O)C1CCCN(C(=O)CN(C)C(=O)c2ccccc2OCc2ccc(Cl)cc2)C1. The van der Waals surface area contributed by atoms with E-state index in [0.29, 0.717) is 42.5 Å². The molecular formula is C25H29ClN2O5. The molecule has 2 aromatic carbocycles. The third-order valence-corrected chi connectivity index (χ3v) is 5.79. The summed E-state index contributed by atoms with van der Waals surface area (Å²) in [6.07, 6.45) is 1.43. The van der Waals surface area contributed by atoms with E-state index in [4.69, 9.17) is 21.1 Å². The molecule has 1 fully saturated rings. The minimum absolute atomic E-state index is 0.0834. The predicted octanol–water partition coefficient (Wildman–Crippen LogP) is 3.79. The normalized spacial score (nSPS) is 15.6. The van der Waals surface area contributed by atoms with Gasteiger partial charge in [0.15, 0.2) is 0 Å². The Morgan fingerprint density at radius 1 is 1.12 bits per heavy atom. The highest BCUT2D eigenvalue weighted by Gasteiger charge is 2.30. The van der Waals surface area contributed by atoms with E-state index >= 15 is 0 Å². The van der Waals surface area contributed by atoms with Gasteiger partial charge in [-0.15, -0.1) is 0 Å². The largest absolute Gasteiger partial charge is 0.488 e. The highest BCUT2D eigenvalue weighted by atomic mass is 35.5. The van der Waals surface area contributed by atoms with Crippen LogP contribution in [0.1, 0.15) is 35.7 Å². The van der Waals surface area contributed by atoms with E-state index in [1.807, 2.05) is 12.1 Å². The molecule has 0 N–H and O–H groups in total. The molecule has 2 aromatic rings. The summed E-state index contributed by atoms with van der Waals surface area (Å²) in [6.45, 7) is 3.17. The van der Waals surface area contributed by atoms with E-state index < -0.39 is 0 Å². The topological polar surface area (TPSA) is 76.2 Å². The third-order valence-electron chi connectivity index (χ3n) is 5.54. The monoisotopic (exact) mass is 472 g/mol. The van der Waals surface area contributed by atoms with Crippen LogP contribution >= 0.6 is 11.6 Å². The molecule has 2 amide bonds. The Bertz CT molecular complexity index is 979. The van der Waals surface area contributed by atoms with Gasteiger partial charge in [0, 0.05) is 25.2 Å². The standard InChI is InChI=1S/C25H29ClN2O5/c1-3-32-25(31)19-7-6-14-28(15-19)23(29)16-27(2)24(30)21-8-4-5-9-22(21)33-17-18-10-12-20(26)13-11-18/h4-5,8-13,19H,3,6-7,14-17H2,1-2H3. The van der Waals surface area contributed by atoms with Crippen LogP contribution in [0.2, 0.25) is 5.02 Å². The fourth-order valence-corrected chi connectivity index (χ4v) is 3.87. The highest BCUT2D eigenvalue weighted by Crippen LogP contribution is 2.22. The third kappa shape index (κ3) is 6.71. The molecule has 1 aliphatic rings. The van der Waals surface area contributed by atoms with Gasteiger partial charge in [-0.3, -0.25) is 14.4 Å². The van der Waals surface area contributed by atoms with Gasteiger partial charge in [-0.2, -0.15) is 0 Å².